The van der Waals surface area contributed by atoms with Crippen LogP contribution in [-0.2, 0) is 10.8 Å². The zero-order valence-corrected chi connectivity index (χ0v) is 41.8. The van der Waals surface area contributed by atoms with Crippen molar-refractivity contribution in [3.8, 4) is 39.1 Å². The maximum absolute atomic E-state index is 2.48. The monoisotopic (exact) mass is 966 g/mol. The van der Waals surface area contributed by atoms with E-state index in [2.05, 4.69) is 313 Å². The number of nitrogens with zero attached hydrogens (tertiary/aromatic N) is 2. The number of hydrogen-bond donors (Lipinski definition) is 0. The summed E-state index contributed by atoms with van der Waals surface area (Å²) in [5, 5.41) is 2.50. The van der Waals surface area contributed by atoms with E-state index in [0.717, 1.165) is 28.3 Å². The second-order valence-electron chi connectivity index (χ2n) is 20.3. The van der Waals surface area contributed by atoms with Crippen LogP contribution in [0.3, 0.4) is 0 Å². The molecule has 0 amide bonds. The van der Waals surface area contributed by atoms with E-state index in [4.69, 9.17) is 0 Å². The van der Waals surface area contributed by atoms with Gasteiger partial charge in [0.25, 0.3) is 0 Å². The highest BCUT2D eigenvalue weighted by atomic mass is 15.1. The van der Waals surface area contributed by atoms with E-state index in [9.17, 15) is 0 Å². The lowest BCUT2D eigenvalue weighted by Crippen LogP contribution is -2.28. The number of benzene rings is 12. The predicted molar refractivity (Wildman–Crippen MR) is 316 cm³/mol. The molecular weight excluding hydrogens is 917 g/mol. The molecule has 0 saturated carbocycles. The summed E-state index contributed by atoms with van der Waals surface area (Å²) >= 11 is 0. The van der Waals surface area contributed by atoms with Gasteiger partial charge in [-0.15, -0.1) is 0 Å². The van der Waals surface area contributed by atoms with Crippen molar-refractivity contribution in [2.45, 2.75) is 10.8 Å². The Kier molecular flexibility index (Phi) is 10.0. The molecule has 2 aliphatic carbocycles. The van der Waals surface area contributed by atoms with Crippen molar-refractivity contribution in [2.24, 2.45) is 0 Å². The Bertz CT molecular complexity index is 4180. The van der Waals surface area contributed by atoms with Gasteiger partial charge in [0.1, 0.15) is 0 Å². The largest absolute Gasteiger partial charge is 0.310 e. The highest BCUT2D eigenvalue weighted by molar-refractivity contribution is 6.09. The van der Waals surface area contributed by atoms with Crippen LogP contribution in [0.4, 0.5) is 17.1 Å². The molecule has 0 bridgehead atoms. The van der Waals surface area contributed by atoms with Gasteiger partial charge >= 0.3 is 0 Å². The highest BCUT2D eigenvalue weighted by Crippen LogP contribution is 2.60. The van der Waals surface area contributed by atoms with Crippen molar-refractivity contribution in [1.29, 1.82) is 0 Å². The molecule has 0 unspecified atom stereocenters. The summed E-state index contributed by atoms with van der Waals surface area (Å²) in [4.78, 5) is 2.48. The van der Waals surface area contributed by atoms with Gasteiger partial charge in [-0.1, -0.05) is 243 Å². The normalized spacial score (nSPS) is 13.5. The molecule has 2 nitrogen and oxygen atoms in total. The fourth-order valence-corrected chi connectivity index (χ4v) is 13.5. The lowest BCUT2D eigenvalue weighted by Gasteiger charge is -2.34. The Labute approximate surface area is 443 Å². The van der Waals surface area contributed by atoms with Crippen LogP contribution >= 0.6 is 0 Å². The molecule has 0 N–H and O–H groups in total. The van der Waals surface area contributed by atoms with E-state index < -0.39 is 10.8 Å². The van der Waals surface area contributed by atoms with Crippen LogP contribution in [0.2, 0.25) is 0 Å². The fourth-order valence-electron chi connectivity index (χ4n) is 13.5. The highest BCUT2D eigenvalue weighted by Gasteiger charge is 2.48. The maximum atomic E-state index is 2.48. The van der Waals surface area contributed by atoms with E-state index in [1.807, 2.05) is 0 Å². The number of rotatable bonds is 9. The molecule has 12 aromatic carbocycles. The minimum absolute atomic E-state index is 0.481. The average molecular weight is 967 g/mol. The Morgan fingerprint density at radius 1 is 0.276 bits per heavy atom. The molecule has 0 radical (unpaired) electrons. The number of para-hydroxylation sites is 2. The minimum atomic E-state index is -0.539. The Morgan fingerprint density at radius 2 is 0.684 bits per heavy atom. The summed E-state index contributed by atoms with van der Waals surface area (Å²) in [7, 11) is 0. The van der Waals surface area contributed by atoms with Crippen molar-refractivity contribution >= 4 is 38.9 Å². The SMILES string of the molecule is c1ccc(C2(c3ccccc3)c3ccccc3-c3ccc(-c4ccc(N(c5ccc(-n6c7ccccc7c7ccccc76)cc5)c5cccc6c5-c5ccccc5C6(c5ccccc5)c5ccccc5)cc4)cc32)cc1. The Balaban J connectivity index is 0.922. The van der Waals surface area contributed by atoms with E-state index >= 15 is 0 Å². The van der Waals surface area contributed by atoms with Crippen LogP contribution in [0.5, 0.6) is 0 Å². The second-order valence-corrected chi connectivity index (χ2v) is 20.3. The third-order valence-electron chi connectivity index (χ3n) is 16.6. The first kappa shape index (κ1) is 43.8. The van der Waals surface area contributed by atoms with E-state index in [1.165, 1.54) is 94.1 Å². The number of hydrogen-bond acceptors (Lipinski definition) is 1. The molecular formula is C74H50N2. The molecule has 0 aliphatic heterocycles. The van der Waals surface area contributed by atoms with Crippen LogP contribution in [0.15, 0.2) is 303 Å². The molecule has 13 aromatic rings. The molecule has 0 saturated heterocycles. The topological polar surface area (TPSA) is 8.17 Å². The summed E-state index contributed by atoms with van der Waals surface area (Å²) in [6.45, 7) is 0. The van der Waals surface area contributed by atoms with Gasteiger partial charge in [0.2, 0.25) is 0 Å². The summed E-state index contributed by atoms with van der Waals surface area (Å²) in [6.07, 6.45) is 0. The molecule has 356 valence electrons. The van der Waals surface area contributed by atoms with E-state index in [1.54, 1.807) is 0 Å². The van der Waals surface area contributed by atoms with Crippen LogP contribution in [-0.4, -0.2) is 4.57 Å². The molecule has 1 heterocycles. The number of aromatic nitrogens is 1. The summed E-state index contributed by atoms with van der Waals surface area (Å²) in [5.74, 6) is 0. The first-order valence-corrected chi connectivity index (χ1v) is 26.4. The maximum Gasteiger partial charge on any atom is 0.0714 e. The van der Waals surface area contributed by atoms with Crippen LogP contribution < -0.4 is 4.90 Å². The van der Waals surface area contributed by atoms with E-state index in [0.29, 0.717) is 0 Å². The molecule has 76 heavy (non-hydrogen) atoms. The van der Waals surface area contributed by atoms with Crippen molar-refractivity contribution in [2.75, 3.05) is 4.90 Å². The third kappa shape index (κ3) is 6.34. The first-order valence-electron chi connectivity index (χ1n) is 26.4. The van der Waals surface area contributed by atoms with E-state index in [-0.39, 0.29) is 0 Å². The van der Waals surface area contributed by atoms with Gasteiger partial charge in [-0.25, -0.2) is 0 Å². The smallest absolute Gasteiger partial charge is 0.0714 e. The van der Waals surface area contributed by atoms with Crippen molar-refractivity contribution < 1.29 is 0 Å². The zero-order valence-electron chi connectivity index (χ0n) is 41.8. The summed E-state index contributed by atoms with van der Waals surface area (Å²) in [5.41, 5.74) is 23.3. The predicted octanol–water partition coefficient (Wildman–Crippen LogP) is 18.6. The second kappa shape index (κ2) is 17.4. The molecule has 15 rings (SSSR count). The van der Waals surface area contributed by atoms with Crippen LogP contribution in [0.1, 0.15) is 44.5 Å². The molecule has 1 aromatic heterocycles. The van der Waals surface area contributed by atoms with Crippen molar-refractivity contribution in [3.63, 3.8) is 0 Å². The average Bonchev–Trinajstić information content (AvgIpc) is 4.31. The lowest BCUT2D eigenvalue weighted by molar-refractivity contribution is 0.768. The lowest BCUT2D eigenvalue weighted by atomic mass is 9.67. The summed E-state index contributed by atoms with van der Waals surface area (Å²) in [6, 6.07) is 112. The number of fused-ring (bicyclic) bond motifs is 9. The van der Waals surface area contributed by atoms with Gasteiger partial charge in [-0.3, -0.25) is 0 Å². The molecule has 2 heteroatoms. The first-order chi connectivity index (χ1) is 37.7. The van der Waals surface area contributed by atoms with Crippen molar-refractivity contribution in [1.82, 2.24) is 4.57 Å². The van der Waals surface area contributed by atoms with Gasteiger partial charge in [-0.05, 0) is 133 Å². The third-order valence-corrected chi connectivity index (χ3v) is 16.6. The molecule has 2 aliphatic rings. The van der Waals surface area contributed by atoms with Crippen LogP contribution in [0.25, 0.3) is 60.9 Å². The van der Waals surface area contributed by atoms with Crippen molar-refractivity contribution in [3.05, 3.63) is 348 Å². The Hall–Kier alpha value is -9.76. The zero-order chi connectivity index (χ0) is 50.2. The quantitative estimate of drug-likeness (QED) is 0.140. The Morgan fingerprint density at radius 3 is 1.24 bits per heavy atom. The van der Waals surface area contributed by atoms with Gasteiger partial charge in [0.05, 0.1) is 27.6 Å². The standard InChI is InChI=1S/C74H50N2/c1-5-22-53(23-6-1)73(54-24-7-2-8-25-54)66-35-18-14-33-64(66)72-67(73)36-21-39-71(72)75(58-45-47-59(48-46-58)76-69-37-19-15-31-62(69)63-32-16-20-38-70(63)76)57-43-40-51(41-44-57)52-42-49-61-60-30-13-17-34-65(60)74(68(61)50-52,55-26-9-3-10-27-55)56-28-11-4-12-29-56/h1-50H. The van der Waals surface area contributed by atoms with Gasteiger partial charge in [0, 0.05) is 33.4 Å². The van der Waals surface area contributed by atoms with Gasteiger partial charge in [0.15, 0.2) is 0 Å². The molecule has 0 atom stereocenters. The van der Waals surface area contributed by atoms with Crippen LogP contribution in [0, 0.1) is 0 Å². The number of anilines is 3. The fraction of sp³-hybridized carbons (Fsp3) is 0.0270. The molecule has 0 fully saturated rings. The van der Waals surface area contributed by atoms with Gasteiger partial charge in [-0.2, -0.15) is 0 Å². The summed E-state index contributed by atoms with van der Waals surface area (Å²) < 4.78 is 2.40. The minimum Gasteiger partial charge on any atom is -0.310 e. The molecule has 0 spiro atoms. The van der Waals surface area contributed by atoms with Gasteiger partial charge < -0.3 is 9.47 Å².